The third-order valence-corrected chi connectivity index (χ3v) is 3.57. The van der Waals surface area contributed by atoms with E-state index in [4.69, 9.17) is 12.2 Å². The smallest absolute Gasteiger partial charge is 0.169 e. The van der Waals surface area contributed by atoms with Crippen LogP contribution in [0.15, 0.2) is 0 Å². The van der Waals surface area contributed by atoms with Gasteiger partial charge < -0.3 is 10.2 Å². The van der Waals surface area contributed by atoms with Gasteiger partial charge in [-0.15, -0.1) is 0 Å². The molecule has 0 aromatic rings. The van der Waals surface area contributed by atoms with E-state index in [2.05, 4.69) is 37.9 Å². The number of nitrogens with one attached hydrogen (secondary N) is 1. The maximum absolute atomic E-state index is 5.37. The fourth-order valence-electron chi connectivity index (χ4n) is 2.24. The summed E-state index contributed by atoms with van der Waals surface area (Å²) in [4.78, 5) is 2.34. The molecule has 0 aliphatic carbocycles. The van der Waals surface area contributed by atoms with Gasteiger partial charge in [-0.05, 0) is 44.3 Å². The highest BCUT2D eigenvalue weighted by Gasteiger charge is 2.29. The Morgan fingerprint density at radius 1 is 1.43 bits per heavy atom. The monoisotopic (exact) mass is 214 g/mol. The first-order valence-electron chi connectivity index (χ1n) is 5.60. The topological polar surface area (TPSA) is 15.3 Å². The number of hydrogen-bond donors (Lipinski definition) is 1. The Kier molecular flexibility index (Phi) is 4.17. The molecule has 0 spiro atoms. The van der Waals surface area contributed by atoms with Crippen molar-refractivity contribution in [2.75, 3.05) is 13.1 Å². The zero-order valence-electron chi connectivity index (χ0n) is 9.71. The minimum absolute atomic E-state index is 0.581. The third kappa shape index (κ3) is 2.59. The average molecular weight is 214 g/mol. The summed E-state index contributed by atoms with van der Waals surface area (Å²) in [6, 6.07) is 0.581. The van der Waals surface area contributed by atoms with Crippen molar-refractivity contribution in [3.05, 3.63) is 0 Å². The molecule has 0 aromatic carbocycles. The van der Waals surface area contributed by atoms with Crippen molar-refractivity contribution in [3.8, 4) is 0 Å². The minimum atomic E-state index is 0.581. The quantitative estimate of drug-likeness (QED) is 0.674. The van der Waals surface area contributed by atoms with Crippen LogP contribution in [0.3, 0.4) is 0 Å². The van der Waals surface area contributed by atoms with Gasteiger partial charge in [0.1, 0.15) is 0 Å². The zero-order chi connectivity index (χ0) is 10.7. The standard InChI is InChI=1S/C11H22N2S/c1-5-12-11(14)13-7-8(2)6-9(3)10(13)4/h8-10H,5-7H2,1-4H3,(H,12,14). The van der Waals surface area contributed by atoms with Gasteiger partial charge in [-0.3, -0.25) is 0 Å². The Morgan fingerprint density at radius 2 is 2.07 bits per heavy atom. The van der Waals surface area contributed by atoms with Gasteiger partial charge in [0.2, 0.25) is 0 Å². The normalized spacial score (nSPS) is 32.9. The van der Waals surface area contributed by atoms with Gasteiger partial charge in [-0.2, -0.15) is 0 Å². The van der Waals surface area contributed by atoms with E-state index in [0.29, 0.717) is 6.04 Å². The van der Waals surface area contributed by atoms with Gasteiger partial charge in [0.25, 0.3) is 0 Å². The Bertz CT molecular complexity index is 205. The molecule has 1 rings (SSSR count). The lowest BCUT2D eigenvalue weighted by Gasteiger charge is -2.42. The second-order valence-corrected chi connectivity index (χ2v) is 4.93. The maximum atomic E-state index is 5.37. The molecule has 14 heavy (non-hydrogen) atoms. The van der Waals surface area contributed by atoms with Crippen LogP contribution < -0.4 is 5.32 Å². The van der Waals surface area contributed by atoms with Gasteiger partial charge >= 0.3 is 0 Å². The lowest BCUT2D eigenvalue weighted by Crippen LogP contribution is -2.52. The van der Waals surface area contributed by atoms with E-state index in [1.165, 1.54) is 6.42 Å². The maximum Gasteiger partial charge on any atom is 0.169 e. The highest BCUT2D eigenvalue weighted by molar-refractivity contribution is 7.80. The van der Waals surface area contributed by atoms with Gasteiger partial charge in [-0.25, -0.2) is 0 Å². The van der Waals surface area contributed by atoms with E-state index in [0.717, 1.165) is 30.0 Å². The van der Waals surface area contributed by atoms with Crippen LogP contribution in [0.2, 0.25) is 0 Å². The molecule has 82 valence electrons. The summed E-state index contributed by atoms with van der Waals surface area (Å²) in [5.74, 6) is 1.51. The Hall–Kier alpha value is -0.310. The van der Waals surface area contributed by atoms with Crippen molar-refractivity contribution in [1.29, 1.82) is 0 Å². The summed E-state index contributed by atoms with van der Waals surface area (Å²) in [5.41, 5.74) is 0. The van der Waals surface area contributed by atoms with E-state index < -0.39 is 0 Å². The van der Waals surface area contributed by atoms with Gasteiger partial charge in [0, 0.05) is 19.1 Å². The third-order valence-electron chi connectivity index (χ3n) is 3.19. The van der Waals surface area contributed by atoms with Crippen molar-refractivity contribution in [3.63, 3.8) is 0 Å². The molecule has 1 fully saturated rings. The van der Waals surface area contributed by atoms with Gasteiger partial charge in [0.05, 0.1) is 0 Å². The van der Waals surface area contributed by atoms with Crippen molar-refractivity contribution in [1.82, 2.24) is 10.2 Å². The van der Waals surface area contributed by atoms with Crippen LogP contribution in [0.4, 0.5) is 0 Å². The fourth-order valence-corrected chi connectivity index (χ4v) is 2.62. The summed E-state index contributed by atoms with van der Waals surface area (Å²) in [5, 5.41) is 4.17. The summed E-state index contributed by atoms with van der Waals surface area (Å²) in [6.45, 7) is 11.0. The predicted octanol–water partition coefficient (Wildman–Crippen LogP) is 2.25. The van der Waals surface area contributed by atoms with E-state index in [1.54, 1.807) is 0 Å². The lowest BCUT2D eigenvalue weighted by molar-refractivity contribution is 0.146. The first kappa shape index (κ1) is 11.8. The second-order valence-electron chi connectivity index (χ2n) is 4.55. The molecule has 0 amide bonds. The highest BCUT2D eigenvalue weighted by Crippen LogP contribution is 2.26. The van der Waals surface area contributed by atoms with Gasteiger partial charge in [-0.1, -0.05) is 13.8 Å². The van der Waals surface area contributed by atoms with Crippen LogP contribution >= 0.6 is 12.2 Å². The molecular formula is C11H22N2S. The molecule has 0 saturated carbocycles. The van der Waals surface area contributed by atoms with Crippen molar-refractivity contribution < 1.29 is 0 Å². The largest absolute Gasteiger partial charge is 0.363 e. The molecule has 3 atom stereocenters. The van der Waals surface area contributed by atoms with Crippen LogP contribution in [0.5, 0.6) is 0 Å². The zero-order valence-corrected chi connectivity index (χ0v) is 10.5. The number of likely N-dealkylation sites (tertiary alicyclic amines) is 1. The molecule has 3 heteroatoms. The molecule has 1 aliphatic heterocycles. The van der Waals surface area contributed by atoms with E-state index in [9.17, 15) is 0 Å². The lowest BCUT2D eigenvalue weighted by atomic mass is 9.86. The molecule has 3 unspecified atom stereocenters. The van der Waals surface area contributed by atoms with Crippen LogP contribution in [0.25, 0.3) is 0 Å². The van der Waals surface area contributed by atoms with Crippen LogP contribution in [0.1, 0.15) is 34.1 Å². The molecule has 1 N–H and O–H groups in total. The SMILES string of the molecule is CCNC(=S)N1CC(C)CC(C)C1C. The van der Waals surface area contributed by atoms with E-state index in [1.807, 2.05) is 0 Å². The number of thiocarbonyl (C=S) groups is 1. The number of hydrogen-bond acceptors (Lipinski definition) is 1. The number of nitrogens with zero attached hydrogens (tertiary/aromatic N) is 1. The Labute approximate surface area is 93.1 Å². The molecule has 0 radical (unpaired) electrons. The minimum Gasteiger partial charge on any atom is -0.363 e. The Balaban J connectivity index is 2.61. The van der Waals surface area contributed by atoms with E-state index >= 15 is 0 Å². The second kappa shape index (κ2) is 4.96. The van der Waals surface area contributed by atoms with Crippen molar-refractivity contribution in [2.45, 2.75) is 40.2 Å². The summed E-state index contributed by atoms with van der Waals surface area (Å²) in [6.07, 6.45) is 1.33. The number of piperidine rings is 1. The summed E-state index contributed by atoms with van der Waals surface area (Å²) >= 11 is 5.37. The summed E-state index contributed by atoms with van der Waals surface area (Å²) in [7, 11) is 0. The molecule has 1 saturated heterocycles. The predicted molar refractivity (Wildman–Crippen MR) is 65.4 cm³/mol. The van der Waals surface area contributed by atoms with E-state index in [-0.39, 0.29) is 0 Å². The highest BCUT2D eigenvalue weighted by atomic mass is 32.1. The molecule has 0 aromatic heterocycles. The number of rotatable bonds is 1. The molecule has 0 bridgehead atoms. The molecular weight excluding hydrogens is 192 g/mol. The first-order valence-corrected chi connectivity index (χ1v) is 6.01. The Morgan fingerprint density at radius 3 is 2.64 bits per heavy atom. The van der Waals surface area contributed by atoms with Crippen molar-refractivity contribution >= 4 is 17.3 Å². The fraction of sp³-hybridized carbons (Fsp3) is 0.909. The van der Waals surface area contributed by atoms with Crippen molar-refractivity contribution in [2.24, 2.45) is 11.8 Å². The first-order chi connectivity index (χ1) is 6.56. The van der Waals surface area contributed by atoms with Crippen LogP contribution in [-0.2, 0) is 0 Å². The average Bonchev–Trinajstić information content (AvgIpc) is 2.11. The van der Waals surface area contributed by atoms with Crippen LogP contribution in [-0.4, -0.2) is 29.1 Å². The van der Waals surface area contributed by atoms with Gasteiger partial charge in [0.15, 0.2) is 5.11 Å². The molecule has 2 nitrogen and oxygen atoms in total. The molecule has 1 aliphatic rings. The van der Waals surface area contributed by atoms with Crippen LogP contribution in [0, 0.1) is 11.8 Å². The summed E-state index contributed by atoms with van der Waals surface area (Å²) < 4.78 is 0. The molecule has 1 heterocycles.